The van der Waals surface area contributed by atoms with Crippen LogP contribution in [-0.4, -0.2) is 29.7 Å². The number of nitrogens with zero attached hydrogens (tertiary/aromatic N) is 1. The number of hydrogen-bond donors (Lipinski definition) is 0. The van der Waals surface area contributed by atoms with Crippen LogP contribution in [0.3, 0.4) is 0 Å². The van der Waals surface area contributed by atoms with Crippen molar-refractivity contribution in [3.8, 4) is 0 Å². The van der Waals surface area contributed by atoms with Gasteiger partial charge in [-0.3, -0.25) is 0 Å². The first-order valence-electron chi connectivity index (χ1n) is 5.74. The lowest BCUT2D eigenvalue weighted by Crippen LogP contribution is -2.57. The molecule has 0 saturated carbocycles. The third-order valence-electron chi connectivity index (χ3n) is 2.65. The molecule has 0 radical (unpaired) electrons. The van der Waals surface area contributed by atoms with Gasteiger partial charge in [0.15, 0.2) is 0 Å². The van der Waals surface area contributed by atoms with Crippen LogP contribution in [0, 0.1) is 5.41 Å². The number of hydrogen-bond acceptors (Lipinski definition) is 2. The second kappa shape index (κ2) is 4.03. The number of likely N-dealkylation sites (tertiary alicyclic amines) is 1. The van der Waals surface area contributed by atoms with E-state index in [0.29, 0.717) is 5.41 Å². The molecule has 3 heteroatoms. The van der Waals surface area contributed by atoms with E-state index in [9.17, 15) is 4.79 Å². The fourth-order valence-electron chi connectivity index (χ4n) is 2.09. The Bertz CT molecular complexity index is 236. The van der Waals surface area contributed by atoms with Crippen LogP contribution in [0.15, 0.2) is 0 Å². The zero-order valence-electron chi connectivity index (χ0n) is 10.6. The summed E-state index contributed by atoms with van der Waals surface area (Å²) in [6.07, 6.45) is 2.20. The largest absolute Gasteiger partial charge is 0.444 e. The van der Waals surface area contributed by atoms with Crippen molar-refractivity contribution >= 4 is 6.09 Å². The average molecular weight is 213 g/mol. The summed E-state index contributed by atoms with van der Waals surface area (Å²) < 4.78 is 5.30. The molecule has 88 valence electrons. The van der Waals surface area contributed by atoms with Crippen molar-refractivity contribution in [1.29, 1.82) is 0 Å². The van der Waals surface area contributed by atoms with Crippen molar-refractivity contribution in [1.82, 2.24) is 4.90 Å². The monoisotopic (exact) mass is 213 g/mol. The third kappa shape index (κ3) is 3.40. The molecular weight excluding hydrogens is 190 g/mol. The minimum absolute atomic E-state index is 0.170. The molecule has 0 aromatic rings. The average Bonchev–Trinajstić information content (AvgIpc) is 1.96. The first kappa shape index (κ1) is 12.3. The highest BCUT2D eigenvalue weighted by molar-refractivity contribution is 5.69. The lowest BCUT2D eigenvalue weighted by Gasteiger charge is -2.48. The van der Waals surface area contributed by atoms with Crippen LogP contribution < -0.4 is 0 Å². The molecule has 1 aliphatic heterocycles. The van der Waals surface area contributed by atoms with Crippen molar-refractivity contribution in [3.05, 3.63) is 0 Å². The van der Waals surface area contributed by atoms with Gasteiger partial charge in [-0.1, -0.05) is 20.3 Å². The standard InChI is InChI=1S/C12H23NO2/c1-6-7-12(5)8-13(9-12)10(14)15-11(2,3)4/h6-9H2,1-5H3. The van der Waals surface area contributed by atoms with Gasteiger partial charge in [-0.25, -0.2) is 4.79 Å². The summed E-state index contributed by atoms with van der Waals surface area (Å²) in [6.45, 7) is 11.8. The van der Waals surface area contributed by atoms with Crippen LogP contribution >= 0.6 is 0 Å². The molecule has 3 nitrogen and oxygen atoms in total. The van der Waals surface area contributed by atoms with E-state index in [1.54, 1.807) is 4.90 Å². The van der Waals surface area contributed by atoms with Crippen LogP contribution in [0.5, 0.6) is 0 Å². The molecule has 15 heavy (non-hydrogen) atoms. The molecule has 0 aromatic carbocycles. The summed E-state index contributed by atoms with van der Waals surface area (Å²) in [5, 5.41) is 0. The maximum atomic E-state index is 11.6. The minimum atomic E-state index is -0.381. The molecule has 1 heterocycles. The highest BCUT2D eigenvalue weighted by atomic mass is 16.6. The van der Waals surface area contributed by atoms with E-state index in [1.165, 1.54) is 12.8 Å². The SMILES string of the molecule is CCCC1(C)CN(C(=O)OC(C)(C)C)C1. The second-order valence-corrected chi connectivity index (χ2v) is 5.90. The summed E-state index contributed by atoms with van der Waals surface area (Å²) >= 11 is 0. The quantitative estimate of drug-likeness (QED) is 0.705. The van der Waals surface area contributed by atoms with Crippen molar-refractivity contribution in [2.45, 2.75) is 53.1 Å². The maximum Gasteiger partial charge on any atom is 0.410 e. The van der Waals surface area contributed by atoms with E-state index in [-0.39, 0.29) is 11.7 Å². The maximum absolute atomic E-state index is 11.6. The van der Waals surface area contributed by atoms with E-state index in [1.807, 2.05) is 20.8 Å². The predicted molar refractivity (Wildman–Crippen MR) is 60.8 cm³/mol. The molecule has 1 fully saturated rings. The van der Waals surface area contributed by atoms with Gasteiger partial charge in [0, 0.05) is 18.5 Å². The van der Waals surface area contributed by atoms with Crippen molar-refractivity contribution in [2.24, 2.45) is 5.41 Å². The third-order valence-corrected chi connectivity index (χ3v) is 2.65. The number of rotatable bonds is 2. The van der Waals surface area contributed by atoms with Crippen molar-refractivity contribution < 1.29 is 9.53 Å². The smallest absolute Gasteiger partial charge is 0.410 e. The molecule has 0 aliphatic carbocycles. The predicted octanol–water partition coefficient (Wildman–Crippen LogP) is 3.04. The second-order valence-electron chi connectivity index (χ2n) is 5.90. The molecule has 1 amide bonds. The molecular formula is C12H23NO2. The fourth-order valence-corrected chi connectivity index (χ4v) is 2.09. The Morgan fingerprint density at radius 2 is 1.93 bits per heavy atom. The molecule has 0 unspecified atom stereocenters. The van der Waals surface area contributed by atoms with Gasteiger partial charge in [0.25, 0.3) is 0 Å². The zero-order valence-corrected chi connectivity index (χ0v) is 10.6. The Morgan fingerprint density at radius 1 is 1.40 bits per heavy atom. The Morgan fingerprint density at radius 3 is 2.33 bits per heavy atom. The van der Waals surface area contributed by atoms with Crippen LogP contribution in [0.4, 0.5) is 4.79 Å². The summed E-state index contributed by atoms with van der Waals surface area (Å²) in [7, 11) is 0. The van der Waals surface area contributed by atoms with E-state index in [2.05, 4.69) is 13.8 Å². The van der Waals surface area contributed by atoms with Gasteiger partial charge >= 0.3 is 6.09 Å². The Balaban J connectivity index is 2.35. The minimum Gasteiger partial charge on any atom is -0.444 e. The summed E-state index contributed by atoms with van der Waals surface area (Å²) in [4.78, 5) is 13.4. The molecule has 0 atom stereocenters. The van der Waals surface area contributed by atoms with Gasteiger partial charge in [0.1, 0.15) is 5.60 Å². The first-order valence-corrected chi connectivity index (χ1v) is 5.74. The topological polar surface area (TPSA) is 29.5 Å². The van der Waals surface area contributed by atoms with Crippen molar-refractivity contribution in [2.75, 3.05) is 13.1 Å². The Labute approximate surface area is 92.8 Å². The lowest BCUT2D eigenvalue weighted by molar-refractivity contribution is -0.0307. The van der Waals surface area contributed by atoms with E-state index < -0.39 is 0 Å². The van der Waals surface area contributed by atoms with Gasteiger partial charge in [0.05, 0.1) is 0 Å². The normalized spacial score (nSPS) is 19.7. The van der Waals surface area contributed by atoms with Gasteiger partial charge in [-0.15, -0.1) is 0 Å². The van der Waals surface area contributed by atoms with Crippen LogP contribution in [0.25, 0.3) is 0 Å². The molecule has 1 rings (SSSR count). The van der Waals surface area contributed by atoms with Gasteiger partial charge in [-0.2, -0.15) is 0 Å². The first-order chi connectivity index (χ1) is 6.76. The molecule has 0 N–H and O–H groups in total. The highest BCUT2D eigenvalue weighted by Gasteiger charge is 2.41. The summed E-state index contributed by atoms with van der Waals surface area (Å²) in [5.41, 5.74) is -0.0561. The van der Waals surface area contributed by atoms with E-state index in [0.717, 1.165) is 13.1 Å². The van der Waals surface area contributed by atoms with Gasteiger partial charge in [-0.05, 0) is 27.2 Å². The number of amides is 1. The van der Waals surface area contributed by atoms with Crippen LogP contribution in [0.2, 0.25) is 0 Å². The Hall–Kier alpha value is -0.730. The molecule has 0 aromatic heterocycles. The summed E-state index contributed by atoms with van der Waals surface area (Å²) in [5.74, 6) is 0. The summed E-state index contributed by atoms with van der Waals surface area (Å²) in [6, 6.07) is 0. The molecule has 0 bridgehead atoms. The number of carbonyl (C=O) groups excluding carboxylic acids is 1. The van der Waals surface area contributed by atoms with Gasteiger partial charge < -0.3 is 9.64 Å². The van der Waals surface area contributed by atoms with Crippen molar-refractivity contribution in [3.63, 3.8) is 0 Å². The number of ether oxygens (including phenoxy) is 1. The van der Waals surface area contributed by atoms with Crippen LogP contribution in [-0.2, 0) is 4.74 Å². The molecule has 1 saturated heterocycles. The zero-order chi connectivity index (χ0) is 11.7. The van der Waals surface area contributed by atoms with Gasteiger partial charge in [0.2, 0.25) is 0 Å². The highest BCUT2D eigenvalue weighted by Crippen LogP contribution is 2.35. The van der Waals surface area contributed by atoms with E-state index in [4.69, 9.17) is 4.74 Å². The molecule has 1 aliphatic rings. The van der Waals surface area contributed by atoms with E-state index >= 15 is 0 Å². The lowest BCUT2D eigenvalue weighted by atomic mass is 9.78. The molecule has 0 spiro atoms. The fraction of sp³-hybridized carbons (Fsp3) is 0.917. The van der Waals surface area contributed by atoms with Crippen LogP contribution in [0.1, 0.15) is 47.5 Å². The Kier molecular flexibility index (Phi) is 3.31. The number of carbonyl (C=O) groups is 1.